The van der Waals surface area contributed by atoms with Gasteiger partial charge in [0.25, 0.3) is 0 Å². The van der Waals surface area contributed by atoms with Gasteiger partial charge in [0.2, 0.25) is 0 Å². The van der Waals surface area contributed by atoms with Crippen molar-refractivity contribution < 1.29 is 19.0 Å². The third-order valence-corrected chi connectivity index (χ3v) is 7.21. The SMILES string of the molecule is CCCCCCCCCCCCOCC(COC(=O)CCCN(C)C)OCCCCCCCCCCCC. The minimum atomic E-state index is -0.158. The highest BCUT2D eigenvalue weighted by molar-refractivity contribution is 5.69. The van der Waals surface area contributed by atoms with Gasteiger partial charge in [0.05, 0.1) is 6.61 Å². The van der Waals surface area contributed by atoms with Crippen molar-refractivity contribution in [2.24, 2.45) is 0 Å². The number of hydrogen-bond donors (Lipinski definition) is 0. The molecule has 0 aliphatic heterocycles. The minimum absolute atomic E-state index is 0.130. The Hall–Kier alpha value is -0.650. The molecule has 0 aromatic heterocycles. The van der Waals surface area contributed by atoms with Gasteiger partial charge < -0.3 is 19.1 Å². The Kier molecular flexibility index (Phi) is 30.4. The molecule has 1 unspecified atom stereocenters. The molecule has 0 aliphatic rings. The van der Waals surface area contributed by atoms with E-state index in [1.54, 1.807) is 0 Å². The standard InChI is InChI=1S/C33H67NO4/c1-5-7-9-11-13-15-17-19-21-23-28-36-30-32(31-38-33(35)26-25-27-34(3)4)37-29-24-22-20-18-16-14-12-10-8-6-2/h32H,5-31H2,1-4H3. The molecule has 0 radical (unpaired) electrons. The molecule has 0 saturated carbocycles. The third-order valence-electron chi connectivity index (χ3n) is 7.21. The zero-order valence-corrected chi connectivity index (χ0v) is 26.2. The first-order valence-corrected chi connectivity index (χ1v) is 16.6. The first-order valence-electron chi connectivity index (χ1n) is 16.6. The first kappa shape index (κ1) is 37.4. The van der Waals surface area contributed by atoms with Crippen LogP contribution in [0.25, 0.3) is 0 Å². The molecular weight excluding hydrogens is 474 g/mol. The number of carbonyl (C=O) groups is 1. The van der Waals surface area contributed by atoms with E-state index in [2.05, 4.69) is 18.7 Å². The van der Waals surface area contributed by atoms with Gasteiger partial charge >= 0.3 is 5.97 Å². The van der Waals surface area contributed by atoms with Crippen molar-refractivity contribution in [1.29, 1.82) is 0 Å². The van der Waals surface area contributed by atoms with E-state index in [-0.39, 0.29) is 12.1 Å². The molecule has 5 heteroatoms. The average Bonchev–Trinajstić information content (AvgIpc) is 2.90. The fourth-order valence-electron chi connectivity index (χ4n) is 4.69. The van der Waals surface area contributed by atoms with Gasteiger partial charge in [-0.15, -0.1) is 0 Å². The fourth-order valence-corrected chi connectivity index (χ4v) is 4.69. The van der Waals surface area contributed by atoms with Gasteiger partial charge in [0.1, 0.15) is 12.7 Å². The van der Waals surface area contributed by atoms with Crippen molar-refractivity contribution >= 4 is 5.97 Å². The Morgan fingerprint density at radius 3 is 1.50 bits per heavy atom. The zero-order chi connectivity index (χ0) is 27.9. The van der Waals surface area contributed by atoms with Crippen LogP contribution in [0.1, 0.15) is 155 Å². The molecule has 0 fully saturated rings. The fraction of sp³-hybridized carbons (Fsp3) is 0.970. The van der Waals surface area contributed by atoms with E-state index >= 15 is 0 Å². The number of unbranched alkanes of at least 4 members (excludes halogenated alkanes) is 18. The summed E-state index contributed by atoms with van der Waals surface area (Å²) in [5, 5.41) is 0. The Labute approximate surface area is 238 Å². The van der Waals surface area contributed by atoms with Crippen LogP contribution in [0.5, 0.6) is 0 Å². The number of ether oxygens (including phenoxy) is 3. The second-order valence-electron chi connectivity index (χ2n) is 11.5. The third kappa shape index (κ3) is 29.9. The lowest BCUT2D eigenvalue weighted by Crippen LogP contribution is -2.28. The lowest BCUT2D eigenvalue weighted by molar-refractivity contribution is -0.150. The number of esters is 1. The summed E-state index contributed by atoms with van der Waals surface area (Å²) in [5.41, 5.74) is 0. The maximum Gasteiger partial charge on any atom is 0.305 e. The largest absolute Gasteiger partial charge is 0.463 e. The molecule has 0 spiro atoms. The molecule has 228 valence electrons. The van der Waals surface area contributed by atoms with E-state index in [9.17, 15) is 4.79 Å². The summed E-state index contributed by atoms with van der Waals surface area (Å²) in [6, 6.07) is 0. The Bertz CT molecular complexity index is 472. The van der Waals surface area contributed by atoms with Crippen molar-refractivity contribution in [3.05, 3.63) is 0 Å². The second kappa shape index (κ2) is 30.9. The summed E-state index contributed by atoms with van der Waals surface area (Å²) < 4.78 is 17.6. The molecule has 0 aromatic rings. The van der Waals surface area contributed by atoms with E-state index in [0.29, 0.717) is 19.6 Å². The molecule has 0 N–H and O–H groups in total. The van der Waals surface area contributed by atoms with E-state index in [0.717, 1.165) is 39.0 Å². The molecule has 38 heavy (non-hydrogen) atoms. The van der Waals surface area contributed by atoms with Crippen molar-refractivity contribution in [2.75, 3.05) is 47.1 Å². The summed E-state index contributed by atoms with van der Waals surface area (Å²) in [6.07, 6.45) is 27.5. The highest BCUT2D eigenvalue weighted by Crippen LogP contribution is 2.12. The predicted molar refractivity (Wildman–Crippen MR) is 163 cm³/mol. The van der Waals surface area contributed by atoms with Gasteiger partial charge in [-0.1, -0.05) is 129 Å². The molecule has 5 nitrogen and oxygen atoms in total. The Morgan fingerprint density at radius 1 is 0.579 bits per heavy atom. The quantitative estimate of drug-likeness (QED) is 0.0647. The molecule has 0 bridgehead atoms. The van der Waals surface area contributed by atoms with E-state index < -0.39 is 0 Å². The van der Waals surface area contributed by atoms with Crippen molar-refractivity contribution in [1.82, 2.24) is 4.90 Å². The second-order valence-corrected chi connectivity index (χ2v) is 11.5. The van der Waals surface area contributed by atoms with E-state index in [1.165, 1.54) is 116 Å². The number of carbonyl (C=O) groups excluding carboxylic acids is 1. The Morgan fingerprint density at radius 2 is 1.03 bits per heavy atom. The molecule has 0 saturated heterocycles. The number of hydrogen-bond acceptors (Lipinski definition) is 5. The van der Waals surface area contributed by atoms with Crippen molar-refractivity contribution in [2.45, 2.75) is 161 Å². The maximum atomic E-state index is 12.1. The maximum absolute atomic E-state index is 12.1. The zero-order valence-electron chi connectivity index (χ0n) is 26.2. The van der Waals surface area contributed by atoms with Crippen molar-refractivity contribution in [3.8, 4) is 0 Å². The highest BCUT2D eigenvalue weighted by atomic mass is 16.6. The van der Waals surface area contributed by atoms with Crippen LogP contribution in [-0.2, 0) is 19.0 Å². The van der Waals surface area contributed by atoms with E-state index in [1.807, 2.05) is 14.1 Å². The minimum Gasteiger partial charge on any atom is -0.463 e. The van der Waals surface area contributed by atoms with Crippen LogP contribution in [0, 0.1) is 0 Å². The summed E-state index contributed by atoms with van der Waals surface area (Å²) in [6.45, 7) is 7.75. The van der Waals surface area contributed by atoms with Gasteiger partial charge in [-0.2, -0.15) is 0 Å². The molecular formula is C33H67NO4. The first-order chi connectivity index (χ1) is 18.6. The predicted octanol–water partition coefficient (Wildman–Crippen LogP) is 9.12. The monoisotopic (exact) mass is 542 g/mol. The Balaban J connectivity index is 3.97. The lowest BCUT2D eigenvalue weighted by atomic mass is 10.1. The van der Waals surface area contributed by atoms with Crippen LogP contribution >= 0.6 is 0 Å². The van der Waals surface area contributed by atoms with Crippen LogP contribution in [0.3, 0.4) is 0 Å². The number of rotatable bonds is 31. The summed E-state index contributed by atoms with van der Waals surface area (Å²) in [5.74, 6) is -0.130. The van der Waals surface area contributed by atoms with Crippen LogP contribution < -0.4 is 0 Å². The van der Waals surface area contributed by atoms with Crippen LogP contribution in [-0.4, -0.2) is 64.0 Å². The van der Waals surface area contributed by atoms with Crippen LogP contribution in [0.4, 0.5) is 0 Å². The highest BCUT2D eigenvalue weighted by Gasteiger charge is 2.13. The smallest absolute Gasteiger partial charge is 0.305 e. The van der Waals surface area contributed by atoms with Crippen LogP contribution in [0.2, 0.25) is 0 Å². The molecule has 0 heterocycles. The lowest BCUT2D eigenvalue weighted by Gasteiger charge is -2.18. The average molecular weight is 542 g/mol. The van der Waals surface area contributed by atoms with Gasteiger partial charge in [-0.3, -0.25) is 4.79 Å². The van der Waals surface area contributed by atoms with Gasteiger partial charge in [-0.25, -0.2) is 0 Å². The van der Waals surface area contributed by atoms with Crippen molar-refractivity contribution in [3.63, 3.8) is 0 Å². The summed E-state index contributed by atoms with van der Waals surface area (Å²) in [4.78, 5) is 14.2. The van der Waals surface area contributed by atoms with Gasteiger partial charge in [-0.05, 0) is 39.9 Å². The van der Waals surface area contributed by atoms with Gasteiger partial charge in [0.15, 0.2) is 0 Å². The molecule has 0 amide bonds. The normalized spacial score (nSPS) is 12.3. The topological polar surface area (TPSA) is 48.0 Å². The molecule has 0 rings (SSSR count). The van der Waals surface area contributed by atoms with Gasteiger partial charge in [0, 0.05) is 19.6 Å². The summed E-state index contributed by atoms with van der Waals surface area (Å²) >= 11 is 0. The summed E-state index contributed by atoms with van der Waals surface area (Å²) in [7, 11) is 4.05. The molecule has 0 aliphatic carbocycles. The van der Waals surface area contributed by atoms with E-state index in [4.69, 9.17) is 14.2 Å². The van der Waals surface area contributed by atoms with Crippen LogP contribution in [0.15, 0.2) is 0 Å². The molecule has 1 atom stereocenters. The molecule has 0 aromatic carbocycles. The number of nitrogens with zero attached hydrogens (tertiary/aromatic N) is 1.